The van der Waals surface area contributed by atoms with E-state index in [1.807, 2.05) is 25.6 Å². The third kappa shape index (κ3) is 1.75. The lowest BCUT2D eigenvalue weighted by Crippen LogP contribution is -2.18. The van der Waals surface area contributed by atoms with Crippen molar-refractivity contribution in [1.82, 2.24) is 0 Å². The average Bonchev–Trinajstić information content (AvgIpc) is 2.36. The summed E-state index contributed by atoms with van der Waals surface area (Å²) in [5.41, 5.74) is 0. The highest BCUT2D eigenvalue weighted by Crippen LogP contribution is 2.25. The first-order chi connectivity index (χ1) is 4.72. The van der Waals surface area contributed by atoms with Gasteiger partial charge in [0.1, 0.15) is 5.78 Å². The van der Waals surface area contributed by atoms with Crippen LogP contribution in [0.25, 0.3) is 0 Å². The normalized spacial score (nSPS) is 25.7. The molecule has 1 saturated heterocycles. The van der Waals surface area contributed by atoms with E-state index in [0.717, 1.165) is 12.2 Å². The lowest BCUT2D eigenvalue weighted by Gasteiger charge is -2.08. The molecule has 1 heterocycles. The van der Waals surface area contributed by atoms with Gasteiger partial charge in [-0.25, -0.2) is 0 Å². The molecule has 2 heteroatoms. The van der Waals surface area contributed by atoms with E-state index in [2.05, 4.69) is 0 Å². The Kier molecular flexibility index (Phi) is 2.78. The maximum absolute atomic E-state index is 11.3. The highest BCUT2D eigenvalue weighted by molar-refractivity contribution is 7.99. The van der Waals surface area contributed by atoms with Crippen molar-refractivity contribution in [2.24, 2.45) is 11.8 Å². The fourth-order valence-corrected chi connectivity index (χ4v) is 2.46. The molecule has 10 heavy (non-hydrogen) atoms. The van der Waals surface area contributed by atoms with Crippen LogP contribution in [0, 0.1) is 11.8 Å². The molecule has 0 amide bonds. The number of Topliss-reactive ketones (excluding diaryl/α,β-unsaturated/α-hetero) is 1. The smallest absolute Gasteiger partial charge is 0.139 e. The molecule has 1 unspecified atom stereocenters. The molecule has 0 radical (unpaired) electrons. The Bertz CT molecular complexity index is 125. The highest BCUT2D eigenvalue weighted by atomic mass is 32.2. The lowest BCUT2D eigenvalue weighted by atomic mass is 9.95. The zero-order valence-corrected chi connectivity index (χ0v) is 7.41. The second-order valence-electron chi connectivity index (χ2n) is 3.12. The molecular weight excluding hydrogens is 144 g/mol. The first-order valence-electron chi connectivity index (χ1n) is 3.83. The molecule has 1 nitrogen and oxygen atoms in total. The summed E-state index contributed by atoms with van der Waals surface area (Å²) in [6, 6.07) is 0. The highest BCUT2D eigenvalue weighted by Gasteiger charge is 2.24. The quantitative estimate of drug-likeness (QED) is 0.611. The number of hydrogen-bond donors (Lipinski definition) is 0. The molecule has 0 spiro atoms. The molecule has 0 aromatic heterocycles. The summed E-state index contributed by atoms with van der Waals surface area (Å²) in [4.78, 5) is 11.3. The van der Waals surface area contributed by atoms with Crippen molar-refractivity contribution in [3.05, 3.63) is 0 Å². The van der Waals surface area contributed by atoms with Gasteiger partial charge in [-0.2, -0.15) is 11.8 Å². The number of hydrogen-bond acceptors (Lipinski definition) is 2. The Morgan fingerprint density at radius 2 is 2.30 bits per heavy atom. The van der Waals surface area contributed by atoms with Crippen LogP contribution >= 0.6 is 11.8 Å². The summed E-state index contributed by atoms with van der Waals surface area (Å²) in [7, 11) is 0. The van der Waals surface area contributed by atoms with Crippen LogP contribution in [0.1, 0.15) is 20.3 Å². The Morgan fingerprint density at radius 1 is 1.60 bits per heavy atom. The predicted molar refractivity (Wildman–Crippen MR) is 45.3 cm³/mol. The van der Waals surface area contributed by atoms with Crippen LogP contribution < -0.4 is 0 Å². The minimum Gasteiger partial charge on any atom is -0.299 e. The first kappa shape index (κ1) is 8.12. The summed E-state index contributed by atoms with van der Waals surface area (Å²) in [5, 5.41) is 0. The predicted octanol–water partition coefficient (Wildman–Crippen LogP) is 1.96. The van der Waals surface area contributed by atoms with Gasteiger partial charge in [0.25, 0.3) is 0 Å². The first-order valence-corrected chi connectivity index (χ1v) is 4.98. The van der Waals surface area contributed by atoms with E-state index >= 15 is 0 Å². The number of thioether (sulfide) groups is 1. The van der Waals surface area contributed by atoms with Gasteiger partial charge < -0.3 is 0 Å². The van der Waals surface area contributed by atoms with Crippen LogP contribution in [0.3, 0.4) is 0 Å². The van der Waals surface area contributed by atoms with E-state index in [-0.39, 0.29) is 5.92 Å². The van der Waals surface area contributed by atoms with Gasteiger partial charge in [0, 0.05) is 17.6 Å². The summed E-state index contributed by atoms with van der Waals surface area (Å²) < 4.78 is 0. The minimum absolute atomic E-state index is 0.240. The fourth-order valence-electron chi connectivity index (χ4n) is 1.23. The molecule has 0 aromatic rings. The summed E-state index contributed by atoms with van der Waals surface area (Å²) in [6.07, 6.45) is 1.11. The monoisotopic (exact) mass is 158 g/mol. The molecule has 0 aromatic carbocycles. The van der Waals surface area contributed by atoms with Crippen molar-refractivity contribution in [1.29, 1.82) is 0 Å². The molecule has 1 aliphatic rings. The van der Waals surface area contributed by atoms with Gasteiger partial charge in [0.05, 0.1) is 0 Å². The van der Waals surface area contributed by atoms with E-state index in [0.29, 0.717) is 11.7 Å². The third-order valence-electron chi connectivity index (χ3n) is 1.90. The van der Waals surface area contributed by atoms with E-state index in [9.17, 15) is 4.79 Å². The van der Waals surface area contributed by atoms with Crippen molar-refractivity contribution in [3.63, 3.8) is 0 Å². The SMILES string of the molecule is CC(C)C(=O)C1CCSC1. The van der Waals surface area contributed by atoms with E-state index in [1.165, 1.54) is 5.75 Å². The van der Waals surface area contributed by atoms with Crippen molar-refractivity contribution in [2.75, 3.05) is 11.5 Å². The van der Waals surface area contributed by atoms with Crippen LogP contribution in [-0.4, -0.2) is 17.3 Å². The van der Waals surface area contributed by atoms with Crippen LogP contribution in [0.5, 0.6) is 0 Å². The summed E-state index contributed by atoms with van der Waals surface area (Å²) >= 11 is 1.91. The van der Waals surface area contributed by atoms with Gasteiger partial charge >= 0.3 is 0 Å². The second kappa shape index (κ2) is 3.42. The van der Waals surface area contributed by atoms with Crippen molar-refractivity contribution in [2.45, 2.75) is 20.3 Å². The molecule has 1 rings (SSSR count). The number of rotatable bonds is 2. The number of carbonyl (C=O) groups is 1. The molecule has 0 saturated carbocycles. The lowest BCUT2D eigenvalue weighted by molar-refractivity contribution is -0.125. The number of carbonyl (C=O) groups excluding carboxylic acids is 1. The topological polar surface area (TPSA) is 17.1 Å². The molecule has 1 atom stereocenters. The molecule has 1 aliphatic heterocycles. The third-order valence-corrected chi connectivity index (χ3v) is 3.06. The zero-order chi connectivity index (χ0) is 7.56. The van der Waals surface area contributed by atoms with Gasteiger partial charge in [-0.3, -0.25) is 4.79 Å². The van der Waals surface area contributed by atoms with Crippen molar-refractivity contribution < 1.29 is 4.79 Å². The van der Waals surface area contributed by atoms with E-state index < -0.39 is 0 Å². The average molecular weight is 158 g/mol. The maximum atomic E-state index is 11.3. The van der Waals surface area contributed by atoms with Gasteiger partial charge in [0.15, 0.2) is 0 Å². The fraction of sp³-hybridized carbons (Fsp3) is 0.875. The Balaban J connectivity index is 2.40. The Morgan fingerprint density at radius 3 is 2.70 bits per heavy atom. The molecule has 0 bridgehead atoms. The van der Waals surface area contributed by atoms with Crippen molar-refractivity contribution >= 4 is 17.5 Å². The second-order valence-corrected chi connectivity index (χ2v) is 4.27. The van der Waals surface area contributed by atoms with E-state index in [4.69, 9.17) is 0 Å². The number of ketones is 1. The molecule has 1 fully saturated rings. The maximum Gasteiger partial charge on any atom is 0.139 e. The van der Waals surface area contributed by atoms with Gasteiger partial charge in [-0.1, -0.05) is 13.8 Å². The Labute approximate surface area is 66.6 Å². The largest absolute Gasteiger partial charge is 0.299 e. The van der Waals surface area contributed by atoms with Crippen LogP contribution in [0.15, 0.2) is 0 Å². The summed E-state index contributed by atoms with van der Waals surface area (Å²) in [5.74, 6) is 3.33. The summed E-state index contributed by atoms with van der Waals surface area (Å²) in [6.45, 7) is 3.98. The van der Waals surface area contributed by atoms with Crippen LogP contribution in [0.4, 0.5) is 0 Å². The van der Waals surface area contributed by atoms with Crippen molar-refractivity contribution in [3.8, 4) is 0 Å². The van der Waals surface area contributed by atoms with Gasteiger partial charge in [0.2, 0.25) is 0 Å². The van der Waals surface area contributed by atoms with Gasteiger partial charge in [-0.15, -0.1) is 0 Å². The molecular formula is C8H14OS. The van der Waals surface area contributed by atoms with Gasteiger partial charge in [-0.05, 0) is 12.2 Å². The molecule has 58 valence electrons. The minimum atomic E-state index is 0.240. The van der Waals surface area contributed by atoms with Crippen LogP contribution in [0.2, 0.25) is 0 Å². The molecule has 0 aliphatic carbocycles. The zero-order valence-electron chi connectivity index (χ0n) is 6.59. The van der Waals surface area contributed by atoms with E-state index in [1.54, 1.807) is 0 Å². The Hall–Kier alpha value is 0.0200. The molecule has 0 N–H and O–H groups in total. The standard InChI is InChI=1S/C8H14OS/c1-6(2)8(9)7-3-4-10-5-7/h6-7H,3-5H2,1-2H3. The van der Waals surface area contributed by atoms with Crippen LogP contribution in [-0.2, 0) is 4.79 Å².